The molecular weight excluding hydrogens is 312 g/mol. The Hall–Kier alpha value is -2.02. The maximum Gasteiger partial charge on any atom is 0.113 e. The van der Waals surface area contributed by atoms with Gasteiger partial charge in [-0.1, -0.05) is 59.8 Å². The summed E-state index contributed by atoms with van der Waals surface area (Å²) in [6.45, 7) is 4.20. The van der Waals surface area contributed by atoms with Crippen LogP contribution in [0.25, 0.3) is 0 Å². The van der Waals surface area contributed by atoms with E-state index in [1.54, 1.807) is 0 Å². The highest BCUT2D eigenvalue weighted by atomic mass is 32.2. The van der Waals surface area contributed by atoms with Gasteiger partial charge >= 0.3 is 0 Å². The molecule has 3 rings (SSSR count). The van der Waals surface area contributed by atoms with Crippen LogP contribution in [0.4, 0.5) is 0 Å². The molecule has 3 heteroatoms. The summed E-state index contributed by atoms with van der Waals surface area (Å²) in [5.41, 5.74) is 4.70. The molecule has 1 fully saturated rings. The first-order chi connectivity index (χ1) is 11.8. The number of pyridine rings is 1. The Balaban J connectivity index is 1.46. The molecular formula is C21H22N2S. The highest BCUT2D eigenvalue weighted by Crippen LogP contribution is 2.24. The van der Waals surface area contributed by atoms with Crippen molar-refractivity contribution >= 4 is 11.9 Å². The summed E-state index contributed by atoms with van der Waals surface area (Å²) in [5, 5.41) is 0. The molecule has 1 saturated heterocycles. The van der Waals surface area contributed by atoms with Gasteiger partial charge in [-0.05, 0) is 49.5 Å². The van der Waals surface area contributed by atoms with E-state index in [2.05, 4.69) is 57.5 Å². The Bertz CT molecular complexity index is 746. The maximum absolute atomic E-state index is 4.41. The van der Waals surface area contributed by atoms with Crippen LogP contribution in [0.5, 0.6) is 0 Å². The highest BCUT2D eigenvalue weighted by molar-refractivity contribution is 7.96. The number of allylic oxidation sites excluding steroid dienone is 1. The van der Waals surface area contributed by atoms with E-state index >= 15 is 0 Å². The predicted octanol–water partition coefficient (Wildman–Crippen LogP) is 4.61. The normalized spacial score (nSPS) is 14.8. The summed E-state index contributed by atoms with van der Waals surface area (Å²) in [6.07, 6.45) is 4.30. The molecule has 0 N–H and O–H groups in total. The van der Waals surface area contributed by atoms with Gasteiger partial charge < -0.3 is 0 Å². The first-order valence-electron chi connectivity index (χ1n) is 8.34. The summed E-state index contributed by atoms with van der Waals surface area (Å²) in [6, 6.07) is 16.6. The van der Waals surface area contributed by atoms with E-state index in [1.165, 1.54) is 11.1 Å². The van der Waals surface area contributed by atoms with Gasteiger partial charge in [-0.2, -0.15) is 0 Å². The number of piperidine rings is 1. The average molecular weight is 334 g/mol. The fraction of sp³-hybridized carbons (Fsp3) is 0.286. The van der Waals surface area contributed by atoms with Crippen molar-refractivity contribution in [1.82, 2.24) is 9.29 Å². The van der Waals surface area contributed by atoms with Crippen LogP contribution in [0, 0.1) is 18.8 Å². The number of hydrogen-bond acceptors (Lipinski definition) is 3. The zero-order valence-corrected chi connectivity index (χ0v) is 14.9. The zero-order chi connectivity index (χ0) is 16.6. The van der Waals surface area contributed by atoms with Crippen molar-refractivity contribution in [3.8, 4) is 11.8 Å². The SMILES string of the molecule is Cc1cccc(C#CC=C2CCN(SCc3ccccc3)CC2)n1. The van der Waals surface area contributed by atoms with Gasteiger partial charge in [-0.3, -0.25) is 0 Å². The molecule has 2 heterocycles. The summed E-state index contributed by atoms with van der Waals surface area (Å²) in [7, 11) is 0. The Kier molecular flexibility index (Phi) is 6.12. The van der Waals surface area contributed by atoms with E-state index < -0.39 is 0 Å². The third-order valence-electron chi connectivity index (χ3n) is 3.99. The average Bonchev–Trinajstić information content (AvgIpc) is 2.62. The molecule has 1 aliphatic rings. The van der Waals surface area contributed by atoms with Crippen LogP contribution in [-0.4, -0.2) is 22.4 Å². The molecule has 122 valence electrons. The number of hydrogen-bond donors (Lipinski definition) is 0. The molecule has 1 aliphatic heterocycles. The molecule has 1 aromatic heterocycles. The number of aryl methyl sites for hydroxylation is 1. The molecule has 0 spiro atoms. The van der Waals surface area contributed by atoms with E-state index in [4.69, 9.17) is 0 Å². The van der Waals surface area contributed by atoms with Crippen LogP contribution in [0.1, 0.15) is 29.8 Å². The molecule has 2 aromatic rings. The van der Waals surface area contributed by atoms with Crippen molar-refractivity contribution < 1.29 is 0 Å². The standard InChI is InChI=1S/C21H22N2S/c1-18-7-5-11-21(22-18)12-6-10-19-13-15-23(16-14-19)24-17-20-8-3-2-4-9-20/h2-5,7-11H,13-17H2,1H3. The second-order valence-corrected chi connectivity index (χ2v) is 6.99. The fourth-order valence-electron chi connectivity index (χ4n) is 2.61. The summed E-state index contributed by atoms with van der Waals surface area (Å²) >= 11 is 1.93. The molecule has 0 atom stereocenters. The number of rotatable bonds is 3. The van der Waals surface area contributed by atoms with E-state index in [0.717, 1.165) is 43.1 Å². The fourth-order valence-corrected chi connectivity index (χ4v) is 3.58. The summed E-state index contributed by atoms with van der Waals surface area (Å²) < 4.78 is 2.47. The van der Waals surface area contributed by atoms with Gasteiger partial charge in [-0.25, -0.2) is 9.29 Å². The van der Waals surface area contributed by atoms with Gasteiger partial charge in [0.2, 0.25) is 0 Å². The van der Waals surface area contributed by atoms with Gasteiger partial charge in [0.1, 0.15) is 5.69 Å². The molecule has 0 aliphatic carbocycles. The Labute approximate surface area is 149 Å². The molecule has 1 aromatic carbocycles. The van der Waals surface area contributed by atoms with E-state index in [0.29, 0.717) is 0 Å². The Morgan fingerprint density at radius 2 is 1.88 bits per heavy atom. The van der Waals surface area contributed by atoms with E-state index in [1.807, 2.05) is 37.1 Å². The molecule has 24 heavy (non-hydrogen) atoms. The van der Waals surface area contributed by atoms with Crippen LogP contribution < -0.4 is 0 Å². The lowest BCUT2D eigenvalue weighted by Crippen LogP contribution is -2.24. The molecule has 0 unspecified atom stereocenters. The smallest absolute Gasteiger partial charge is 0.113 e. The van der Waals surface area contributed by atoms with E-state index in [9.17, 15) is 0 Å². The van der Waals surface area contributed by atoms with Crippen molar-refractivity contribution in [2.75, 3.05) is 13.1 Å². The lowest BCUT2D eigenvalue weighted by Gasteiger charge is -2.26. The van der Waals surface area contributed by atoms with Crippen LogP contribution >= 0.6 is 11.9 Å². The van der Waals surface area contributed by atoms with Gasteiger partial charge in [-0.15, -0.1) is 0 Å². The molecule has 2 nitrogen and oxygen atoms in total. The minimum atomic E-state index is 0.850. The Morgan fingerprint density at radius 3 is 2.62 bits per heavy atom. The van der Waals surface area contributed by atoms with Gasteiger partial charge in [0, 0.05) is 24.5 Å². The lowest BCUT2D eigenvalue weighted by molar-refractivity contribution is 0.434. The van der Waals surface area contributed by atoms with Crippen molar-refractivity contribution in [2.24, 2.45) is 0 Å². The highest BCUT2D eigenvalue weighted by Gasteiger charge is 2.13. The molecule has 0 amide bonds. The third-order valence-corrected chi connectivity index (χ3v) is 5.18. The van der Waals surface area contributed by atoms with Gasteiger partial charge in [0.05, 0.1) is 0 Å². The third kappa shape index (κ3) is 5.26. The minimum absolute atomic E-state index is 0.850. The van der Waals surface area contributed by atoms with Crippen molar-refractivity contribution in [2.45, 2.75) is 25.5 Å². The minimum Gasteiger partial charge on any atom is -0.250 e. The van der Waals surface area contributed by atoms with Crippen molar-refractivity contribution in [1.29, 1.82) is 0 Å². The van der Waals surface area contributed by atoms with Crippen molar-refractivity contribution in [3.05, 3.63) is 77.1 Å². The Morgan fingerprint density at radius 1 is 1.08 bits per heavy atom. The first-order valence-corrected chi connectivity index (χ1v) is 9.29. The molecule has 0 radical (unpaired) electrons. The quantitative estimate of drug-likeness (QED) is 0.602. The second-order valence-electron chi connectivity index (χ2n) is 5.92. The zero-order valence-electron chi connectivity index (χ0n) is 14.0. The van der Waals surface area contributed by atoms with Gasteiger partial charge in [0.25, 0.3) is 0 Å². The van der Waals surface area contributed by atoms with Crippen molar-refractivity contribution in [3.63, 3.8) is 0 Å². The van der Waals surface area contributed by atoms with Crippen LogP contribution in [0.2, 0.25) is 0 Å². The second kappa shape index (κ2) is 8.73. The largest absolute Gasteiger partial charge is 0.250 e. The lowest BCUT2D eigenvalue weighted by atomic mass is 10.1. The van der Waals surface area contributed by atoms with E-state index in [-0.39, 0.29) is 0 Å². The number of nitrogens with zero attached hydrogens (tertiary/aromatic N) is 2. The molecule has 0 bridgehead atoms. The summed E-state index contributed by atoms with van der Waals surface area (Å²) in [4.78, 5) is 4.41. The number of aromatic nitrogens is 1. The van der Waals surface area contributed by atoms with Crippen LogP contribution in [0.3, 0.4) is 0 Å². The van der Waals surface area contributed by atoms with Crippen LogP contribution in [0.15, 0.2) is 60.2 Å². The first kappa shape index (κ1) is 16.8. The van der Waals surface area contributed by atoms with Crippen LogP contribution in [-0.2, 0) is 5.75 Å². The number of benzene rings is 1. The topological polar surface area (TPSA) is 16.1 Å². The monoisotopic (exact) mass is 334 g/mol. The summed E-state index contributed by atoms with van der Waals surface area (Å²) in [5.74, 6) is 7.36. The molecule has 0 saturated carbocycles. The predicted molar refractivity (Wildman–Crippen MR) is 102 cm³/mol. The van der Waals surface area contributed by atoms with Gasteiger partial charge in [0.15, 0.2) is 0 Å². The maximum atomic E-state index is 4.41.